The third-order valence-corrected chi connectivity index (χ3v) is 9.63. The second kappa shape index (κ2) is 13.0. The van der Waals surface area contributed by atoms with Crippen molar-refractivity contribution in [1.82, 2.24) is 4.31 Å². The van der Waals surface area contributed by atoms with E-state index in [2.05, 4.69) is 0 Å². The van der Waals surface area contributed by atoms with E-state index >= 15 is 0 Å². The maximum Gasteiger partial charge on any atom is 0.416 e. The van der Waals surface area contributed by atoms with Gasteiger partial charge in [-0.15, -0.1) is 0 Å². The molecule has 0 saturated heterocycles. The van der Waals surface area contributed by atoms with Gasteiger partial charge in [0.1, 0.15) is 5.75 Å². The van der Waals surface area contributed by atoms with E-state index in [0.29, 0.717) is 38.2 Å². The van der Waals surface area contributed by atoms with Crippen molar-refractivity contribution in [3.05, 3.63) is 88.2 Å². The molecule has 0 aliphatic heterocycles. The van der Waals surface area contributed by atoms with Crippen LogP contribution in [0.4, 0.5) is 40.8 Å². The summed E-state index contributed by atoms with van der Waals surface area (Å²) >= 11 is 0. The number of carbonyl (C=O) groups excluding carboxylic acids is 1. The molecule has 1 amide bonds. The van der Waals surface area contributed by atoms with Crippen LogP contribution in [0, 0.1) is 29.1 Å². The lowest BCUT2D eigenvalue weighted by molar-refractivity contribution is -0.138. The molecule has 0 spiro atoms. The lowest BCUT2D eigenvalue weighted by Gasteiger charge is -2.39. The largest absolute Gasteiger partial charge is 0.488 e. The van der Waals surface area contributed by atoms with E-state index in [9.17, 15) is 58.5 Å². The van der Waals surface area contributed by atoms with Crippen LogP contribution in [0.25, 0.3) is 0 Å². The van der Waals surface area contributed by atoms with Crippen molar-refractivity contribution >= 4 is 21.6 Å². The van der Waals surface area contributed by atoms with E-state index in [1.807, 2.05) is 0 Å². The monoisotopic (exact) mass is 694 g/mol. The highest BCUT2D eigenvalue weighted by Gasteiger charge is 2.42. The van der Waals surface area contributed by atoms with Gasteiger partial charge < -0.3 is 19.8 Å². The van der Waals surface area contributed by atoms with Gasteiger partial charge in [-0.3, -0.25) is 4.79 Å². The maximum atomic E-state index is 14.8. The fourth-order valence-corrected chi connectivity index (χ4v) is 6.53. The second-order valence-corrected chi connectivity index (χ2v) is 13.0. The van der Waals surface area contributed by atoms with Crippen molar-refractivity contribution in [3.63, 3.8) is 0 Å². The molecule has 0 unspecified atom stereocenters. The number of sulfonamides is 1. The summed E-state index contributed by atoms with van der Waals surface area (Å²) in [4.78, 5) is 12.7. The Hall–Kier alpha value is -3.80. The summed E-state index contributed by atoms with van der Waals surface area (Å²) < 4.78 is 147. The number of aliphatic hydroxyl groups is 2. The van der Waals surface area contributed by atoms with Crippen molar-refractivity contribution in [2.24, 2.45) is 0 Å². The van der Waals surface area contributed by atoms with Crippen LogP contribution < -0.4 is 9.64 Å². The van der Waals surface area contributed by atoms with Gasteiger partial charge in [-0.1, -0.05) is 24.3 Å². The minimum Gasteiger partial charge on any atom is -0.488 e. The molecule has 0 atom stereocenters. The number of alkyl halides is 3. The Morgan fingerprint density at radius 1 is 0.894 bits per heavy atom. The normalized spacial score (nSPS) is 15.7. The molecule has 254 valence electrons. The number of benzene rings is 3. The lowest BCUT2D eigenvalue weighted by atomic mass is 9.90. The van der Waals surface area contributed by atoms with Gasteiger partial charge in [0.25, 0.3) is 0 Å². The Kier molecular flexibility index (Phi) is 9.56. The predicted octanol–water partition coefficient (Wildman–Crippen LogP) is 5.70. The molecular formula is C30H26F8N2O6S. The van der Waals surface area contributed by atoms with Crippen LogP contribution in [0.1, 0.15) is 55.1 Å². The molecule has 3 aromatic carbocycles. The summed E-state index contributed by atoms with van der Waals surface area (Å²) in [6.07, 6.45) is -4.65. The van der Waals surface area contributed by atoms with Gasteiger partial charge in [-0.2, -0.15) is 17.5 Å². The van der Waals surface area contributed by atoms with Crippen molar-refractivity contribution in [2.75, 3.05) is 11.4 Å². The number of anilines is 1. The first-order valence-corrected chi connectivity index (χ1v) is 15.6. The Morgan fingerprint density at radius 3 is 2.02 bits per heavy atom. The third-order valence-electron chi connectivity index (χ3n) is 7.82. The van der Waals surface area contributed by atoms with Crippen LogP contribution in [0.15, 0.2) is 47.4 Å². The van der Waals surface area contributed by atoms with E-state index in [4.69, 9.17) is 4.74 Å². The molecule has 2 N–H and O–H groups in total. The first-order chi connectivity index (χ1) is 22.0. The fraction of sp³-hybridized carbons (Fsp3) is 0.367. The zero-order valence-corrected chi connectivity index (χ0v) is 24.9. The van der Waals surface area contributed by atoms with Crippen molar-refractivity contribution in [1.29, 1.82) is 0 Å². The molecule has 0 radical (unpaired) electrons. The molecule has 5 rings (SSSR count). The Bertz CT molecular complexity index is 1770. The summed E-state index contributed by atoms with van der Waals surface area (Å²) in [5.41, 5.74) is -2.15. The number of ether oxygens (including phenoxy) is 1. The molecule has 0 heterocycles. The molecule has 0 aromatic heterocycles. The average molecular weight is 695 g/mol. The van der Waals surface area contributed by atoms with Gasteiger partial charge in [0.05, 0.1) is 23.9 Å². The van der Waals surface area contributed by atoms with E-state index in [-0.39, 0.29) is 27.4 Å². The Morgan fingerprint density at radius 2 is 1.49 bits per heavy atom. The summed E-state index contributed by atoms with van der Waals surface area (Å²) in [6.45, 7) is -2.76. The van der Waals surface area contributed by atoms with Crippen LogP contribution in [-0.4, -0.2) is 47.5 Å². The first-order valence-electron chi connectivity index (χ1n) is 14.2. The van der Waals surface area contributed by atoms with Gasteiger partial charge in [-0.25, -0.2) is 30.4 Å². The molecule has 2 fully saturated rings. The minimum absolute atomic E-state index is 0.00469. The smallest absolute Gasteiger partial charge is 0.416 e. The molecule has 0 bridgehead atoms. The summed E-state index contributed by atoms with van der Waals surface area (Å²) in [6, 6.07) is 6.63. The molecule has 2 saturated carbocycles. The highest BCUT2D eigenvalue weighted by Crippen LogP contribution is 2.41. The fourth-order valence-electron chi connectivity index (χ4n) is 5.05. The third kappa shape index (κ3) is 6.93. The summed E-state index contributed by atoms with van der Waals surface area (Å²) in [5, 5.41) is 19.3. The number of nitrogens with zero attached hydrogens (tertiary/aromatic N) is 2. The first kappa shape index (κ1) is 34.5. The molecule has 2 aliphatic carbocycles. The predicted molar refractivity (Wildman–Crippen MR) is 148 cm³/mol. The molecule has 17 heteroatoms. The van der Waals surface area contributed by atoms with Crippen molar-refractivity contribution < 1.29 is 63.3 Å². The highest BCUT2D eigenvalue weighted by molar-refractivity contribution is 7.89. The average Bonchev–Trinajstić information content (AvgIpc) is 3.80. The number of carbonyl (C=O) groups is 1. The SMILES string of the molecule is O=C(CN(Cc1ccccc1C(F)(F)F)S(=O)(=O)c1c(F)c(F)c(F)c(F)c1F)N(c1ccc(C(O)O)cc1OC1CC1)C1CCC1. The molecule has 47 heavy (non-hydrogen) atoms. The number of aliphatic hydroxyl groups excluding tert-OH is 1. The number of rotatable bonds is 11. The summed E-state index contributed by atoms with van der Waals surface area (Å²) in [7, 11) is -5.92. The number of hydrogen-bond acceptors (Lipinski definition) is 6. The zero-order chi connectivity index (χ0) is 34.4. The van der Waals surface area contributed by atoms with Crippen molar-refractivity contribution in [2.45, 2.75) is 68.2 Å². The second-order valence-electron chi connectivity index (χ2n) is 11.1. The van der Waals surface area contributed by atoms with Gasteiger partial charge in [0.15, 0.2) is 34.5 Å². The molecule has 8 nitrogen and oxygen atoms in total. The molecule has 3 aromatic rings. The van der Waals surface area contributed by atoms with Gasteiger partial charge in [-0.05, 0) is 55.9 Å². The van der Waals surface area contributed by atoms with Crippen molar-refractivity contribution in [3.8, 4) is 5.75 Å². The zero-order valence-electron chi connectivity index (χ0n) is 24.1. The van der Waals surface area contributed by atoms with Crippen LogP contribution >= 0.6 is 0 Å². The Balaban J connectivity index is 1.63. The Labute approximate surface area is 262 Å². The van der Waals surface area contributed by atoms with Gasteiger partial charge >= 0.3 is 6.18 Å². The summed E-state index contributed by atoms with van der Waals surface area (Å²) in [5.74, 6) is -14.6. The topological polar surface area (TPSA) is 107 Å². The van der Waals surface area contributed by atoms with Crippen LogP contribution in [0.3, 0.4) is 0 Å². The molecular weight excluding hydrogens is 668 g/mol. The standard InChI is InChI=1S/C30H26F8N2O6S/c31-23-24(32)26(34)28(27(35)25(23)33)47(44,45)39(13-16-4-1-2-7-19(16)30(36,37)38)14-22(41)40(17-5-3-6-17)20-11-8-15(29(42)43)12-21(20)46-18-9-10-18/h1-2,4,7-8,11-12,17-18,29,42-43H,3,5-6,9-10,13-14H2. The van der Waals surface area contributed by atoms with E-state index in [1.54, 1.807) is 0 Å². The van der Waals surface area contributed by atoms with Gasteiger partial charge in [0.2, 0.25) is 21.7 Å². The number of hydrogen-bond donors (Lipinski definition) is 2. The van der Waals surface area contributed by atoms with Crippen LogP contribution in [0.2, 0.25) is 0 Å². The van der Waals surface area contributed by atoms with E-state index in [1.165, 1.54) is 18.2 Å². The van der Waals surface area contributed by atoms with Gasteiger partial charge in [0, 0.05) is 18.2 Å². The quantitative estimate of drug-likeness (QED) is 0.116. The van der Waals surface area contributed by atoms with Crippen LogP contribution in [-0.2, 0) is 27.5 Å². The highest BCUT2D eigenvalue weighted by atomic mass is 32.2. The number of amides is 1. The maximum absolute atomic E-state index is 14.8. The van der Waals surface area contributed by atoms with E-state index < -0.39 is 92.6 Å². The lowest BCUT2D eigenvalue weighted by Crippen LogP contribution is -2.50. The number of halogens is 8. The molecule has 2 aliphatic rings. The van der Waals surface area contributed by atoms with Crippen LogP contribution in [0.5, 0.6) is 5.75 Å². The van der Waals surface area contributed by atoms with E-state index in [0.717, 1.165) is 23.1 Å². The minimum atomic E-state index is -5.92.